The number of fused-ring (bicyclic) bond motifs is 3. The molecule has 0 spiro atoms. The molecule has 0 aliphatic rings. The highest BCUT2D eigenvalue weighted by atomic mass is 16.5. The van der Waals surface area contributed by atoms with Crippen molar-refractivity contribution >= 4 is 21.7 Å². The molecule has 0 saturated heterocycles. The molecule has 3 aromatic rings. The third-order valence-electron chi connectivity index (χ3n) is 3.93. The zero-order valence-electron chi connectivity index (χ0n) is 13.7. The van der Waals surface area contributed by atoms with Crippen molar-refractivity contribution in [2.45, 2.75) is 19.8 Å². The van der Waals surface area contributed by atoms with E-state index < -0.39 is 0 Å². The Morgan fingerprint density at radius 2 is 1.83 bits per heavy atom. The number of aryl methyl sites for hydroxylation is 1. The van der Waals surface area contributed by atoms with Crippen LogP contribution >= 0.6 is 0 Å². The Balaban J connectivity index is 2.62. The summed E-state index contributed by atoms with van der Waals surface area (Å²) in [6, 6.07) is 4.15. The smallest absolute Gasteiger partial charge is 0.183 e. The largest absolute Gasteiger partial charge is 0.507 e. The Morgan fingerprint density at radius 3 is 2.46 bits per heavy atom. The van der Waals surface area contributed by atoms with E-state index in [1.54, 1.807) is 0 Å². The molecule has 6 heteroatoms. The Hall–Kier alpha value is -2.89. The molecule has 0 saturated carbocycles. The second-order valence-corrected chi connectivity index (χ2v) is 5.48. The molecule has 1 heterocycles. The van der Waals surface area contributed by atoms with Crippen molar-refractivity contribution in [3.8, 4) is 23.0 Å². The molecule has 2 aromatic carbocycles. The van der Waals surface area contributed by atoms with Crippen LogP contribution in [0.25, 0.3) is 21.7 Å². The van der Waals surface area contributed by atoms with E-state index in [4.69, 9.17) is 13.9 Å². The molecule has 3 rings (SSSR count). The van der Waals surface area contributed by atoms with Gasteiger partial charge < -0.3 is 24.1 Å². The number of benzene rings is 2. The van der Waals surface area contributed by atoms with Crippen molar-refractivity contribution in [3.05, 3.63) is 34.2 Å². The van der Waals surface area contributed by atoms with E-state index in [0.717, 1.165) is 6.42 Å². The maximum absolute atomic E-state index is 11.9. The zero-order valence-corrected chi connectivity index (χ0v) is 13.7. The minimum atomic E-state index is -0.287. The summed E-state index contributed by atoms with van der Waals surface area (Å²) >= 11 is 0. The Bertz CT molecular complexity index is 987. The fraction of sp³-hybridized carbons (Fsp3) is 0.278. The van der Waals surface area contributed by atoms with Gasteiger partial charge >= 0.3 is 0 Å². The first-order valence-corrected chi connectivity index (χ1v) is 7.58. The predicted molar refractivity (Wildman–Crippen MR) is 90.4 cm³/mol. The van der Waals surface area contributed by atoms with E-state index in [1.165, 1.54) is 32.4 Å². The van der Waals surface area contributed by atoms with Crippen LogP contribution in [0.4, 0.5) is 0 Å². The Labute approximate surface area is 137 Å². The van der Waals surface area contributed by atoms with Gasteiger partial charge in [-0.25, -0.2) is 0 Å². The van der Waals surface area contributed by atoms with Crippen molar-refractivity contribution in [1.29, 1.82) is 0 Å². The summed E-state index contributed by atoms with van der Waals surface area (Å²) in [5.74, 6) is 0.545. The minimum Gasteiger partial charge on any atom is -0.507 e. The summed E-state index contributed by atoms with van der Waals surface area (Å²) < 4.78 is 16.5. The number of hydrogen-bond donors (Lipinski definition) is 2. The van der Waals surface area contributed by atoms with Gasteiger partial charge in [0, 0.05) is 23.9 Å². The average Bonchev–Trinajstić information content (AvgIpc) is 2.54. The van der Waals surface area contributed by atoms with E-state index in [0.29, 0.717) is 23.0 Å². The lowest BCUT2D eigenvalue weighted by molar-refractivity contribution is 0.378. The van der Waals surface area contributed by atoms with E-state index in [-0.39, 0.29) is 39.4 Å². The second-order valence-electron chi connectivity index (χ2n) is 5.48. The van der Waals surface area contributed by atoms with Gasteiger partial charge in [0.15, 0.2) is 22.5 Å². The minimum absolute atomic E-state index is 0.0854. The average molecular weight is 330 g/mol. The predicted octanol–water partition coefficient (Wildman–Crippen LogP) is 3.33. The van der Waals surface area contributed by atoms with Crippen LogP contribution in [0, 0.1) is 0 Å². The molecular weight excluding hydrogens is 312 g/mol. The SMILES string of the molecule is CCCc1cc(O)c2c(O)c(OC)c3cc(=O)cc(OC)c3c2o1. The van der Waals surface area contributed by atoms with Crippen molar-refractivity contribution in [2.24, 2.45) is 0 Å². The zero-order chi connectivity index (χ0) is 17.4. The van der Waals surface area contributed by atoms with Crippen molar-refractivity contribution in [1.82, 2.24) is 0 Å². The van der Waals surface area contributed by atoms with Crippen LogP contribution in [0.1, 0.15) is 19.1 Å². The van der Waals surface area contributed by atoms with E-state index in [1.807, 2.05) is 6.92 Å². The molecule has 0 aliphatic heterocycles. The Kier molecular flexibility index (Phi) is 3.97. The highest BCUT2D eigenvalue weighted by Gasteiger charge is 2.23. The van der Waals surface area contributed by atoms with Gasteiger partial charge in [-0.1, -0.05) is 6.92 Å². The van der Waals surface area contributed by atoms with Gasteiger partial charge in [0.2, 0.25) is 0 Å². The number of phenols is 1. The highest BCUT2D eigenvalue weighted by Crippen LogP contribution is 2.48. The summed E-state index contributed by atoms with van der Waals surface area (Å²) in [6.45, 7) is 1.99. The van der Waals surface area contributed by atoms with Crippen molar-refractivity contribution < 1.29 is 24.1 Å². The van der Waals surface area contributed by atoms with Crippen LogP contribution in [-0.2, 0) is 6.42 Å². The van der Waals surface area contributed by atoms with Gasteiger partial charge in [-0.2, -0.15) is 0 Å². The van der Waals surface area contributed by atoms with Gasteiger partial charge in [-0.15, -0.1) is 0 Å². The fourth-order valence-electron chi connectivity index (χ4n) is 2.94. The molecule has 126 valence electrons. The first-order chi connectivity index (χ1) is 11.5. The highest BCUT2D eigenvalue weighted by molar-refractivity contribution is 6.15. The molecule has 0 bridgehead atoms. The molecule has 0 atom stereocenters. The number of ether oxygens (including phenoxy) is 2. The number of hydrogen-bond acceptors (Lipinski definition) is 6. The summed E-state index contributed by atoms with van der Waals surface area (Å²) in [5, 5.41) is 21.8. The lowest BCUT2D eigenvalue weighted by Gasteiger charge is -2.15. The lowest BCUT2D eigenvalue weighted by atomic mass is 10.0. The van der Waals surface area contributed by atoms with Crippen molar-refractivity contribution in [3.63, 3.8) is 0 Å². The van der Waals surface area contributed by atoms with Gasteiger partial charge in [-0.05, 0) is 12.5 Å². The van der Waals surface area contributed by atoms with E-state index in [9.17, 15) is 15.0 Å². The number of methoxy groups -OCH3 is 2. The maximum Gasteiger partial charge on any atom is 0.183 e. The van der Waals surface area contributed by atoms with Crippen LogP contribution in [-0.4, -0.2) is 24.4 Å². The first-order valence-electron chi connectivity index (χ1n) is 7.58. The molecule has 0 radical (unpaired) electrons. The van der Waals surface area contributed by atoms with Gasteiger partial charge in [-0.3, -0.25) is 4.79 Å². The van der Waals surface area contributed by atoms with Crippen LogP contribution < -0.4 is 14.9 Å². The number of phenolic OH excluding ortho intramolecular Hbond substituents is 1. The van der Waals surface area contributed by atoms with Crippen LogP contribution in [0.15, 0.2) is 27.4 Å². The van der Waals surface area contributed by atoms with E-state index in [2.05, 4.69) is 0 Å². The first kappa shape index (κ1) is 16.0. The summed E-state index contributed by atoms with van der Waals surface area (Å²) in [6.07, 6.45) is 1.45. The summed E-state index contributed by atoms with van der Waals surface area (Å²) in [5.41, 5.74) is -0.0334. The van der Waals surface area contributed by atoms with Crippen LogP contribution in [0.5, 0.6) is 23.0 Å². The third kappa shape index (κ3) is 2.31. The molecule has 0 amide bonds. The maximum atomic E-state index is 11.9. The Morgan fingerprint density at radius 1 is 1.08 bits per heavy atom. The molecule has 24 heavy (non-hydrogen) atoms. The third-order valence-corrected chi connectivity index (χ3v) is 3.93. The molecule has 2 N–H and O–H groups in total. The quantitative estimate of drug-likeness (QED) is 0.713. The van der Waals surface area contributed by atoms with Gasteiger partial charge in [0.05, 0.1) is 19.6 Å². The normalized spacial score (nSPS) is 11.1. The van der Waals surface area contributed by atoms with E-state index >= 15 is 0 Å². The van der Waals surface area contributed by atoms with Crippen molar-refractivity contribution in [2.75, 3.05) is 14.2 Å². The van der Waals surface area contributed by atoms with Crippen LogP contribution in [0.2, 0.25) is 0 Å². The summed E-state index contributed by atoms with van der Waals surface area (Å²) in [4.78, 5) is 11.9. The second kappa shape index (κ2) is 5.96. The molecular formula is C18H18O6. The number of aromatic hydroxyl groups is 2. The monoisotopic (exact) mass is 330 g/mol. The molecule has 1 aromatic heterocycles. The topological polar surface area (TPSA) is 89.1 Å². The summed E-state index contributed by atoms with van der Waals surface area (Å²) in [7, 11) is 2.82. The number of rotatable bonds is 4. The molecule has 0 unspecified atom stereocenters. The molecule has 0 aliphatic carbocycles. The van der Waals surface area contributed by atoms with Crippen LogP contribution in [0.3, 0.4) is 0 Å². The van der Waals surface area contributed by atoms with Gasteiger partial charge in [0.1, 0.15) is 22.6 Å². The molecule has 6 nitrogen and oxygen atoms in total. The fourth-order valence-corrected chi connectivity index (χ4v) is 2.94. The lowest BCUT2D eigenvalue weighted by Crippen LogP contribution is -2.01. The standard InChI is InChI=1S/C18H18O6/c1-4-5-10-8-12(20)15-16(21)17(23-3)11-6-9(19)7-13(22-2)14(11)18(15)24-10/h6-8,20-21H,4-5H2,1-3H3. The molecule has 0 fully saturated rings. The van der Waals surface area contributed by atoms with Gasteiger partial charge in [0.25, 0.3) is 0 Å².